The summed E-state index contributed by atoms with van der Waals surface area (Å²) in [5.74, 6) is 0.648. The lowest BCUT2D eigenvalue weighted by Gasteiger charge is -1.89. The van der Waals surface area contributed by atoms with E-state index in [4.69, 9.17) is 4.55 Å². The molecule has 0 unspecified atom stereocenters. The molecule has 0 aliphatic carbocycles. The summed E-state index contributed by atoms with van der Waals surface area (Å²) < 4.78 is 28.7. The van der Waals surface area contributed by atoms with Gasteiger partial charge < -0.3 is 0 Å². The van der Waals surface area contributed by atoms with E-state index < -0.39 is 10.1 Å². The van der Waals surface area contributed by atoms with Gasteiger partial charge in [-0.25, -0.2) is 0 Å². The first-order valence-corrected chi connectivity index (χ1v) is 4.68. The van der Waals surface area contributed by atoms with Crippen molar-refractivity contribution in [3.63, 3.8) is 0 Å². The van der Waals surface area contributed by atoms with E-state index in [1.807, 2.05) is 0 Å². The zero-order valence-electron chi connectivity index (χ0n) is 4.44. The highest BCUT2D eigenvalue weighted by atomic mass is 32.3. The second-order valence-corrected chi connectivity index (χ2v) is 4.15. The van der Waals surface area contributed by atoms with Crippen molar-refractivity contribution in [1.82, 2.24) is 0 Å². The van der Waals surface area contributed by atoms with Crippen molar-refractivity contribution >= 4 is 26.3 Å². The number of thioether (sulfide) groups is 1. The number of hydrogen-bond donors (Lipinski definition) is 1. The molecule has 0 radical (unpaired) electrons. The molecule has 0 saturated carbocycles. The highest BCUT2D eigenvalue weighted by Gasteiger charge is 2.19. The molecule has 0 amide bonds. The van der Waals surface area contributed by atoms with Crippen LogP contribution in [0.15, 0.2) is 4.99 Å². The molecule has 1 rings (SSSR count). The van der Waals surface area contributed by atoms with E-state index in [0.29, 0.717) is 12.3 Å². The minimum Gasteiger partial charge on any atom is -0.280 e. The highest BCUT2D eigenvalue weighted by Crippen LogP contribution is 2.14. The van der Waals surface area contributed by atoms with Gasteiger partial charge in [0.05, 0.1) is 6.54 Å². The Balaban J connectivity index is 2.87. The van der Waals surface area contributed by atoms with Gasteiger partial charge in [-0.15, -0.1) is 0 Å². The van der Waals surface area contributed by atoms with E-state index in [1.54, 1.807) is 0 Å². The van der Waals surface area contributed by atoms with Gasteiger partial charge in [0, 0.05) is 5.75 Å². The van der Waals surface area contributed by atoms with Crippen molar-refractivity contribution in [2.45, 2.75) is 0 Å². The van der Waals surface area contributed by atoms with Crippen molar-refractivity contribution in [1.29, 1.82) is 0 Å². The Morgan fingerprint density at radius 1 is 1.67 bits per heavy atom. The van der Waals surface area contributed by atoms with Gasteiger partial charge in [0.25, 0.3) is 0 Å². The topological polar surface area (TPSA) is 66.7 Å². The Morgan fingerprint density at radius 2 is 2.33 bits per heavy atom. The molecular formula is C3H5NO3S2. The molecule has 0 aromatic heterocycles. The van der Waals surface area contributed by atoms with Crippen LogP contribution >= 0.6 is 11.8 Å². The Hall–Kier alpha value is -0.0700. The van der Waals surface area contributed by atoms with Gasteiger partial charge in [-0.05, 0) is 0 Å². The normalized spacial score (nSPS) is 19.9. The third kappa shape index (κ3) is 1.67. The van der Waals surface area contributed by atoms with E-state index in [-0.39, 0.29) is 4.38 Å². The van der Waals surface area contributed by atoms with Crippen molar-refractivity contribution in [3.05, 3.63) is 0 Å². The van der Waals surface area contributed by atoms with Gasteiger partial charge in [-0.3, -0.25) is 9.55 Å². The molecule has 1 N–H and O–H groups in total. The summed E-state index contributed by atoms with van der Waals surface area (Å²) in [4.78, 5) is 3.55. The van der Waals surface area contributed by atoms with Crippen molar-refractivity contribution in [2.24, 2.45) is 4.99 Å². The lowest BCUT2D eigenvalue weighted by molar-refractivity contribution is 0.499. The van der Waals surface area contributed by atoms with Crippen molar-refractivity contribution in [3.8, 4) is 0 Å². The van der Waals surface area contributed by atoms with Crippen LogP contribution < -0.4 is 0 Å². The number of hydrogen-bond acceptors (Lipinski definition) is 4. The maximum absolute atomic E-state index is 10.2. The zero-order chi connectivity index (χ0) is 6.91. The molecule has 1 aliphatic heterocycles. The zero-order valence-corrected chi connectivity index (χ0v) is 6.07. The van der Waals surface area contributed by atoms with Crippen LogP contribution in [-0.4, -0.2) is 29.6 Å². The van der Waals surface area contributed by atoms with Crippen LogP contribution in [0.5, 0.6) is 0 Å². The van der Waals surface area contributed by atoms with Crippen LogP contribution in [0.1, 0.15) is 0 Å². The third-order valence-electron chi connectivity index (χ3n) is 0.778. The second kappa shape index (κ2) is 2.28. The minimum absolute atomic E-state index is 0.150. The van der Waals surface area contributed by atoms with E-state index in [0.717, 1.165) is 11.8 Å². The Bertz CT molecular complexity index is 229. The largest absolute Gasteiger partial charge is 0.318 e. The van der Waals surface area contributed by atoms with Crippen LogP contribution in [-0.2, 0) is 10.1 Å². The molecule has 1 aliphatic rings. The molecule has 0 fully saturated rings. The maximum Gasteiger partial charge on any atom is 0.318 e. The Labute approximate surface area is 57.1 Å². The van der Waals surface area contributed by atoms with Crippen molar-refractivity contribution in [2.75, 3.05) is 12.3 Å². The van der Waals surface area contributed by atoms with Crippen LogP contribution in [0, 0.1) is 0 Å². The van der Waals surface area contributed by atoms with Gasteiger partial charge >= 0.3 is 10.1 Å². The summed E-state index contributed by atoms with van der Waals surface area (Å²) >= 11 is 1.06. The first kappa shape index (κ1) is 7.04. The quantitative estimate of drug-likeness (QED) is 0.515. The van der Waals surface area contributed by atoms with Crippen LogP contribution in [0.4, 0.5) is 0 Å². The second-order valence-electron chi connectivity index (χ2n) is 1.47. The average Bonchev–Trinajstić information content (AvgIpc) is 2.08. The summed E-state index contributed by atoms with van der Waals surface area (Å²) in [5.41, 5.74) is 0. The molecular weight excluding hydrogens is 162 g/mol. The Morgan fingerprint density at radius 3 is 2.56 bits per heavy atom. The number of nitrogens with zero attached hydrogens (tertiary/aromatic N) is 1. The summed E-state index contributed by atoms with van der Waals surface area (Å²) in [6, 6.07) is 0. The average molecular weight is 167 g/mol. The third-order valence-corrected chi connectivity index (χ3v) is 3.10. The minimum atomic E-state index is -3.99. The van der Waals surface area contributed by atoms with Gasteiger partial charge in [0.2, 0.25) is 4.38 Å². The van der Waals surface area contributed by atoms with Crippen LogP contribution in [0.3, 0.4) is 0 Å². The maximum atomic E-state index is 10.2. The predicted molar refractivity (Wildman–Crippen MR) is 36.3 cm³/mol. The molecule has 0 saturated heterocycles. The molecule has 0 aromatic rings. The van der Waals surface area contributed by atoms with E-state index >= 15 is 0 Å². The van der Waals surface area contributed by atoms with Crippen LogP contribution in [0.2, 0.25) is 0 Å². The molecule has 0 bridgehead atoms. The molecule has 0 spiro atoms. The first-order chi connectivity index (χ1) is 4.11. The predicted octanol–water partition coefficient (Wildman–Crippen LogP) is -0.0230. The summed E-state index contributed by atoms with van der Waals surface area (Å²) in [7, 11) is -3.99. The molecule has 1 heterocycles. The fourth-order valence-corrected chi connectivity index (χ4v) is 2.11. The highest BCUT2D eigenvalue weighted by molar-refractivity contribution is 8.33. The van der Waals surface area contributed by atoms with Gasteiger partial charge in [-0.2, -0.15) is 8.42 Å². The number of rotatable bonds is 0. The lowest BCUT2D eigenvalue weighted by Crippen LogP contribution is -2.06. The van der Waals surface area contributed by atoms with Crippen molar-refractivity contribution < 1.29 is 13.0 Å². The summed E-state index contributed by atoms with van der Waals surface area (Å²) in [6.07, 6.45) is 0. The monoisotopic (exact) mass is 167 g/mol. The molecule has 0 atom stereocenters. The van der Waals surface area contributed by atoms with Gasteiger partial charge in [0.1, 0.15) is 0 Å². The molecule has 4 nitrogen and oxygen atoms in total. The van der Waals surface area contributed by atoms with E-state index in [9.17, 15) is 8.42 Å². The smallest absolute Gasteiger partial charge is 0.280 e. The molecule has 0 aromatic carbocycles. The molecule has 6 heteroatoms. The molecule has 52 valence electrons. The lowest BCUT2D eigenvalue weighted by atomic mass is 10.8. The van der Waals surface area contributed by atoms with Gasteiger partial charge in [-0.1, -0.05) is 11.8 Å². The fourth-order valence-electron chi connectivity index (χ4n) is 0.472. The summed E-state index contributed by atoms with van der Waals surface area (Å²) in [5, 5.41) is 0. The fraction of sp³-hybridized carbons (Fsp3) is 0.667. The van der Waals surface area contributed by atoms with Gasteiger partial charge in [0.15, 0.2) is 0 Å². The standard InChI is InChI=1S/C3H5NO3S2/c5-9(6,7)3-4-1-2-8-3/h1-2H2,(H,5,6,7). The molecule has 9 heavy (non-hydrogen) atoms. The number of aliphatic imine (C=N–C) groups is 1. The van der Waals surface area contributed by atoms with E-state index in [1.165, 1.54) is 0 Å². The SMILES string of the molecule is O=S(=O)(O)C1=NCCS1. The summed E-state index contributed by atoms with van der Waals surface area (Å²) in [6.45, 7) is 0.486. The Kier molecular flexibility index (Phi) is 1.78. The van der Waals surface area contributed by atoms with Crippen LogP contribution in [0.25, 0.3) is 0 Å². The van der Waals surface area contributed by atoms with E-state index in [2.05, 4.69) is 4.99 Å². The first-order valence-electron chi connectivity index (χ1n) is 2.25.